The first-order valence-electron chi connectivity index (χ1n) is 12.0. The number of nitrogens with zero attached hydrogens (tertiary/aromatic N) is 3. The van der Waals surface area contributed by atoms with E-state index in [2.05, 4.69) is 9.88 Å². The highest BCUT2D eigenvalue weighted by Gasteiger charge is 2.55. The molecule has 5 nitrogen and oxygen atoms in total. The summed E-state index contributed by atoms with van der Waals surface area (Å²) < 4.78 is 0. The maximum Gasteiger partial charge on any atom is 0.254 e. The van der Waals surface area contributed by atoms with E-state index < -0.39 is 0 Å². The van der Waals surface area contributed by atoms with Crippen LogP contribution in [-0.4, -0.2) is 52.8 Å². The average molecular weight is 418 g/mol. The lowest BCUT2D eigenvalue weighted by atomic mass is 9.49. The van der Waals surface area contributed by atoms with E-state index in [0.717, 1.165) is 59.2 Å². The van der Waals surface area contributed by atoms with Crippen LogP contribution in [0.3, 0.4) is 0 Å². The summed E-state index contributed by atoms with van der Waals surface area (Å²) >= 11 is 0. The van der Waals surface area contributed by atoms with Crippen molar-refractivity contribution in [2.75, 3.05) is 26.2 Å². The SMILES string of the molecule is Cc1cc(C(=O)N2CCN(C(=O)C34CC5CC(CC(C5)C3)C4)CC2)c2ccccc2n1. The molecule has 1 aromatic heterocycles. The molecule has 5 heteroatoms. The zero-order valence-electron chi connectivity index (χ0n) is 18.3. The number of hydrogen-bond acceptors (Lipinski definition) is 3. The van der Waals surface area contributed by atoms with Gasteiger partial charge in [0.15, 0.2) is 0 Å². The highest BCUT2D eigenvalue weighted by molar-refractivity contribution is 6.06. The van der Waals surface area contributed by atoms with Crippen LogP contribution in [0.1, 0.15) is 54.6 Å². The fourth-order valence-electron chi connectivity index (χ4n) is 7.48. The van der Waals surface area contributed by atoms with Gasteiger partial charge in [0.25, 0.3) is 5.91 Å². The molecule has 1 aliphatic heterocycles. The molecule has 4 aliphatic carbocycles. The number of hydrogen-bond donors (Lipinski definition) is 0. The largest absolute Gasteiger partial charge is 0.339 e. The van der Waals surface area contributed by atoms with Crippen LogP contribution >= 0.6 is 0 Å². The van der Waals surface area contributed by atoms with Crippen molar-refractivity contribution in [3.05, 3.63) is 41.6 Å². The second-order valence-electron chi connectivity index (χ2n) is 10.6. The third-order valence-electron chi connectivity index (χ3n) is 8.42. The van der Waals surface area contributed by atoms with Crippen molar-refractivity contribution in [3.8, 4) is 0 Å². The summed E-state index contributed by atoms with van der Waals surface area (Å²) in [5.41, 5.74) is 2.36. The monoisotopic (exact) mass is 417 g/mol. The molecule has 0 N–H and O–H groups in total. The Kier molecular flexibility index (Phi) is 4.38. The van der Waals surface area contributed by atoms with Crippen molar-refractivity contribution in [3.63, 3.8) is 0 Å². The van der Waals surface area contributed by atoms with Gasteiger partial charge >= 0.3 is 0 Å². The smallest absolute Gasteiger partial charge is 0.254 e. The van der Waals surface area contributed by atoms with Gasteiger partial charge < -0.3 is 9.80 Å². The Balaban J connectivity index is 1.17. The molecule has 1 aromatic carbocycles. The van der Waals surface area contributed by atoms with Crippen molar-refractivity contribution in [1.29, 1.82) is 0 Å². The third kappa shape index (κ3) is 3.16. The summed E-state index contributed by atoms with van der Waals surface area (Å²) in [7, 11) is 0. The second-order valence-corrected chi connectivity index (χ2v) is 10.6. The summed E-state index contributed by atoms with van der Waals surface area (Å²) in [4.78, 5) is 35.6. The van der Waals surface area contributed by atoms with E-state index in [1.807, 2.05) is 42.2 Å². The van der Waals surface area contributed by atoms with Gasteiger partial charge in [-0.2, -0.15) is 0 Å². The minimum atomic E-state index is -0.0840. The number of aromatic nitrogens is 1. The first-order chi connectivity index (χ1) is 15.0. The Morgan fingerprint density at radius 3 is 2.13 bits per heavy atom. The van der Waals surface area contributed by atoms with E-state index in [0.29, 0.717) is 32.1 Å². The fourth-order valence-corrected chi connectivity index (χ4v) is 7.48. The number of carbonyl (C=O) groups is 2. The minimum absolute atomic E-state index is 0.0589. The lowest BCUT2D eigenvalue weighted by Crippen LogP contribution is -2.58. The fraction of sp³-hybridized carbons (Fsp3) is 0.577. The highest BCUT2D eigenvalue weighted by Crippen LogP contribution is 2.60. The molecule has 7 rings (SSSR count). The summed E-state index contributed by atoms with van der Waals surface area (Å²) in [6, 6.07) is 9.75. The zero-order valence-corrected chi connectivity index (χ0v) is 18.3. The van der Waals surface area contributed by atoms with Gasteiger partial charge in [0.1, 0.15) is 0 Å². The Hall–Kier alpha value is -2.43. The van der Waals surface area contributed by atoms with Crippen LogP contribution in [0.2, 0.25) is 0 Å². The number of aryl methyl sites for hydroxylation is 1. The van der Waals surface area contributed by atoms with Gasteiger partial charge in [-0.25, -0.2) is 0 Å². The van der Waals surface area contributed by atoms with Gasteiger partial charge in [-0.05, 0) is 75.3 Å². The number of piperazine rings is 1. The van der Waals surface area contributed by atoms with E-state index in [-0.39, 0.29) is 11.3 Å². The lowest BCUT2D eigenvalue weighted by molar-refractivity contribution is -0.159. The molecule has 2 amide bonds. The van der Waals surface area contributed by atoms with Crippen LogP contribution < -0.4 is 0 Å². The maximum absolute atomic E-state index is 13.6. The number of pyridine rings is 1. The van der Waals surface area contributed by atoms with Crippen LogP contribution in [0.15, 0.2) is 30.3 Å². The first-order valence-corrected chi connectivity index (χ1v) is 12.0. The molecule has 2 aromatic rings. The molecule has 0 spiro atoms. The van der Waals surface area contributed by atoms with Gasteiger partial charge in [-0.1, -0.05) is 18.2 Å². The molecule has 162 valence electrons. The number of para-hydroxylation sites is 1. The summed E-state index contributed by atoms with van der Waals surface area (Å²) in [5.74, 6) is 2.79. The number of fused-ring (bicyclic) bond motifs is 1. The minimum Gasteiger partial charge on any atom is -0.339 e. The van der Waals surface area contributed by atoms with Gasteiger partial charge in [0, 0.05) is 37.3 Å². The van der Waals surface area contributed by atoms with Gasteiger partial charge in [0.2, 0.25) is 5.91 Å². The number of benzene rings is 1. The van der Waals surface area contributed by atoms with Gasteiger partial charge in [-0.3, -0.25) is 14.6 Å². The Bertz CT molecular complexity index is 1020. The van der Waals surface area contributed by atoms with Crippen molar-refractivity contribution >= 4 is 22.7 Å². The van der Waals surface area contributed by atoms with E-state index in [9.17, 15) is 9.59 Å². The van der Waals surface area contributed by atoms with Crippen molar-refractivity contribution < 1.29 is 9.59 Å². The molecular formula is C26H31N3O2. The molecule has 1 saturated heterocycles. The van der Waals surface area contributed by atoms with Crippen LogP contribution in [0.4, 0.5) is 0 Å². The summed E-state index contributed by atoms with van der Waals surface area (Å²) in [6.45, 7) is 4.49. The van der Waals surface area contributed by atoms with Gasteiger partial charge in [-0.15, -0.1) is 0 Å². The van der Waals surface area contributed by atoms with Gasteiger partial charge in [0.05, 0.1) is 16.5 Å². The second kappa shape index (κ2) is 7.04. The summed E-state index contributed by atoms with van der Waals surface area (Å²) in [6.07, 6.45) is 7.40. The van der Waals surface area contributed by atoms with Crippen molar-refractivity contribution in [2.24, 2.45) is 23.2 Å². The first kappa shape index (κ1) is 19.3. The number of carbonyl (C=O) groups excluding carboxylic acids is 2. The van der Waals surface area contributed by atoms with Crippen LogP contribution in [-0.2, 0) is 4.79 Å². The quantitative estimate of drug-likeness (QED) is 0.741. The molecule has 0 radical (unpaired) electrons. The molecular weight excluding hydrogens is 386 g/mol. The van der Waals surface area contributed by atoms with E-state index in [1.165, 1.54) is 19.3 Å². The molecule has 0 atom stereocenters. The zero-order chi connectivity index (χ0) is 21.2. The predicted molar refractivity (Wildman–Crippen MR) is 120 cm³/mol. The average Bonchev–Trinajstić information content (AvgIpc) is 2.77. The van der Waals surface area contributed by atoms with Crippen molar-refractivity contribution in [1.82, 2.24) is 14.8 Å². The van der Waals surface area contributed by atoms with Crippen molar-refractivity contribution in [2.45, 2.75) is 45.4 Å². The lowest BCUT2D eigenvalue weighted by Gasteiger charge is -2.57. The maximum atomic E-state index is 13.6. The Morgan fingerprint density at radius 2 is 1.48 bits per heavy atom. The number of rotatable bonds is 2. The van der Waals surface area contributed by atoms with Crippen LogP contribution in [0.5, 0.6) is 0 Å². The Morgan fingerprint density at radius 1 is 0.903 bits per heavy atom. The standard InChI is InChI=1S/C26H31N3O2/c1-17-10-22(21-4-2-3-5-23(21)27-17)24(30)28-6-8-29(9-7-28)25(31)26-14-18-11-19(15-26)13-20(12-18)16-26/h2-5,10,18-20H,6-9,11-16H2,1H3. The number of amides is 2. The Labute approximate surface area is 183 Å². The molecule has 5 fully saturated rings. The van der Waals surface area contributed by atoms with E-state index in [4.69, 9.17) is 0 Å². The molecule has 2 heterocycles. The van der Waals surface area contributed by atoms with Crippen LogP contribution in [0.25, 0.3) is 10.9 Å². The molecule has 4 bridgehead atoms. The molecule has 4 saturated carbocycles. The molecule has 31 heavy (non-hydrogen) atoms. The topological polar surface area (TPSA) is 53.5 Å². The normalized spacial score (nSPS) is 32.0. The molecule has 0 unspecified atom stereocenters. The van der Waals surface area contributed by atoms with Crippen LogP contribution in [0, 0.1) is 30.1 Å². The molecule has 5 aliphatic rings. The predicted octanol–water partition coefficient (Wildman–Crippen LogP) is 4.04. The summed E-state index contributed by atoms with van der Waals surface area (Å²) in [5, 5.41) is 0.908. The van der Waals surface area contributed by atoms with E-state index >= 15 is 0 Å². The third-order valence-corrected chi connectivity index (χ3v) is 8.42. The van der Waals surface area contributed by atoms with E-state index in [1.54, 1.807) is 0 Å². The highest BCUT2D eigenvalue weighted by atomic mass is 16.2.